The van der Waals surface area contributed by atoms with Crippen LogP contribution >= 0.6 is 0 Å². The van der Waals surface area contributed by atoms with Gasteiger partial charge in [0.1, 0.15) is 5.71 Å². The second-order valence-electron chi connectivity index (χ2n) is 7.05. The molecule has 25 heavy (non-hydrogen) atoms. The minimum absolute atomic E-state index is 0.0411. The van der Waals surface area contributed by atoms with Gasteiger partial charge in [-0.25, -0.2) is 0 Å². The van der Waals surface area contributed by atoms with Crippen molar-refractivity contribution in [2.24, 2.45) is 11.1 Å². The van der Waals surface area contributed by atoms with Crippen molar-refractivity contribution in [3.05, 3.63) is 30.1 Å². The first kappa shape index (κ1) is 17.4. The normalized spacial score (nSPS) is 22.7. The number of nitrogens with zero attached hydrogens (tertiary/aromatic N) is 3. The van der Waals surface area contributed by atoms with Gasteiger partial charge in [0, 0.05) is 37.8 Å². The van der Waals surface area contributed by atoms with Gasteiger partial charge in [-0.1, -0.05) is 19.0 Å². The molecule has 2 amide bonds. The Morgan fingerprint density at radius 1 is 1.36 bits per heavy atom. The standard InChI is InChI=1S/C18H24N4O3/c1-13(2)17(24)22-9-3-6-18(12-22)10-15(21-25-18)16(23)20-11-14-4-7-19-8-5-14/h4-5,7-8,13H,3,6,9-12H2,1-2H3,(H,20,23). The highest BCUT2D eigenvalue weighted by atomic mass is 16.7. The number of hydrogen-bond acceptors (Lipinski definition) is 5. The molecular formula is C18H24N4O3. The first-order valence-electron chi connectivity index (χ1n) is 8.70. The summed E-state index contributed by atoms with van der Waals surface area (Å²) >= 11 is 0. The lowest BCUT2D eigenvalue weighted by Crippen LogP contribution is -2.51. The highest BCUT2D eigenvalue weighted by Gasteiger charge is 2.45. The van der Waals surface area contributed by atoms with Crippen LogP contribution in [0.2, 0.25) is 0 Å². The van der Waals surface area contributed by atoms with Crippen LogP contribution in [0.4, 0.5) is 0 Å². The third kappa shape index (κ3) is 3.97. The van der Waals surface area contributed by atoms with Gasteiger partial charge in [-0.2, -0.15) is 0 Å². The van der Waals surface area contributed by atoms with Crippen molar-refractivity contribution in [1.82, 2.24) is 15.2 Å². The van der Waals surface area contributed by atoms with Gasteiger partial charge in [-0.3, -0.25) is 14.6 Å². The zero-order valence-electron chi connectivity index (χ0n) is 14.7. The predicted molar refractivity (Wildman–Crippen MR) is 92.6 cm³/mol. The first-order valence-corrected chi connectivity index (χ1v) is 8.70. The summed E-state index contributed by atoms with van der Waals surface area (Å²) in [6, 6.07) is 3.70. The third-order valence-electron chi connectivity index (χ3n) is 4.65. The number of nitrogens with one attached hydrogen (secondary N) is 1. The van der Waals surface area contributed by atoms with Crippen molar-refractivity contribution >= 4 is 17.5 Å². The van der Waals surface area contributed by atoms with Crippen molar-refractivity contribution in [3.63, 3.8) is 0 Å². The van der Waals surface area contributed by atoms with E-state index in [9.17, 15) is 9.59 Å². The molecule has 1 aromatic rings. The fourth-order valence-corrected chi connectivity index (χ4v) is 3.30. The molecule has 2 aliphatic heterocycles. The molecular weight excluding hydrogens is 320 g/mol. The fourth-order valence-electron chi connectivity index (χ4n) is 3.30. The van der Waals surface area contributed by atoms with E-state index in [1.807, 2.05) is 30.9 Å². The van der Waals surface area contributed by atoms with E-state index in [-0.39, 0.29) is 17.7 Å². The Morgan fingerprint density at radius 2 is 2.12 bits per heavy atom. The molecule has 3 rings (SSSR count). The number of oxime groups is 1. The molecule has 3 heterocycles. The number of amides is 2. The SMILES string of the molecule is CC(C)C(=O)N1CCCC2(CC(C(=O)NCc3ccncc3)=NO2)C1. The number of pyridine rings is 1. The van der Waals surface area contributed by atoms with Crippen LogP contribution in [-0.2, 0) is 21.0 Å². The monoisotopic (exact) mass is 344 g/mol. The summed E-state index contributed by atoms with van der Waals surface area (Å²) in [6.07, 6.45) is 5.49. The maximum absolute atomic E-state index is 12.4. The van der Waals surface area contributed by atoms with Crippen molar-refractivity contribution in [3.8, 4) is 0 Å². The number of carbonyl (C=O) groups excluding carboxylic acids is 2. The molecule has 1 spiro atoms. The number of hydrogen-bond donors (Lipinski definition) is 1. The summed E-state index contributed by atoms with van der Waals surface area (Å²) in [5, 5.41) is 6.87. The second-order valence-corrected chi connectivity index (χ2v) is 7.05. The Morgan fingerprint density at radius 3 is 2.84 bits per heavy atom. The smallest absolute Gasteiger partial charge is 0.269 e. The van der Waals surface area contributed by atoms with Gasteiger partial charge in [0.05, 0.1) is 6.54 Å². The lowest BCUT2D eigenvalue weighted by atomic mass is 9.87. The summed E-state index contributed by atoms with van der Waals surface area (Å²) in [5.74, 6) is -0.139. The summed E-state index contributed by atoms with van der Waals surface area (Å²) < 4.78 is 0. The van der Waals surface area contributed by atoms with Gasteiger partial charge in [0.2, 0.25) is 5.91 Å². The molecule has 7 nitrogen and oxygen atoms in total. The summed E-state index contributed by atoms with van der Waals surface area (Å²) in [5.41, 5.74) is 0.823. The van der Waals surface area contributed by atoms with Crippen LogP contribution in [0.5, 0.6) is 0 Å². The Labute approximate surface area is 147 Å². The molecule has 0 bridgehead atoms. The molecule has 1 saturated heterocycles. The van der Waals surface area contributed by atoms with Crippen LogP contribution in [-0.4, -0.2) is 46.1 Å². The Hall–Kier alpha value is -2.44. The molecule has 1 aromatic heterocycles. The molecule has 7 heteroatoms. The number of likely N-dealkylation sites (tertiary alicyclic amines) is 1. The number of rotatable bonds is 4. The van der Waals surface area contributed by atoms with Crippen LogP contribution in [0.25, 0.3) is 0 Å². The van der Waals surface area contributed by atoms with Crippen molar-refractivity contribution in [1.29, 1.82) is 0 Å². The predicted octanol–water partition coefficient (Wildman–Crippen LogP) is 1.49. The molecule has 1 fully saturated rings. The Bertz CT molecular complexity index is 674. The van der Waals surface area contributed by atoms with Crippen molar-refractivity contribution in [2.75, 3.05) is 13.1 Å². The van der Waals surface area contributed by atoms with E-state index in [0.29, 0.717) is 25.2 Å². The quantitative estimate of drug-likeness (QED) is 0.897. The van der Waals surface area contributed by atoms with E-state index in [1.165, 1.54) is 0 Å². The molecule has 2 aliphatic rings. The molecule has 0 aromatic carbocycles. The van der Waals surface area contributed by atoms with E-state index in [4.69, 9.17) is 4.84 Å². The van der Waals surface area contributed by atoms with Crippen LogP contribution in [0.15, 0.2) is 29.7 Å². The molecule has 1 N–H and O–H groups in total. The molecule has 134 valence electrons. The Kier molecular flexibility index (Phi) is 5.01. The molecule has 0 radical (unpaired) electrons. The van der Waals surface area contributed by atoms with Gasteiger partial charge >= 0.3 is 0 Å². The van der Waals surface area contributed by atoms with E-state index in [1.54, 1.807) is 12.4 Å². The largest absolute Gasteiger partial charge is 0.386 e. The maximum Gasteiger partial charge on any atom is 0.269 e. The van der Waals surface area contributed by atoms with Crippen molar-refractivity contribution < 1.29 is 14.4 Å². The number of carbonyl (C=O) groups is 2. The molecule has 0 saturated carbocycles. The highest BCUT2D eigenvalue weighted by molar-refractivity contribution is 6.39. The van der Waals surface area contributed by atoms with Gasteiger partial charge in [-0.15, -0.1) is 0 Å². The lowest BCUT2D eigenvalue weighted by molar-refractivity contribution is -0.143. The van der Waals surface area contributed by atoms with Crippen molar-refractivity contribution in [2.45, 2.75) is 45.3 Å². The summed E-state index contributed by atoms with van der Waals surface area (Å²) in [7, 11) is 0. The van der Waals surface area contributed by atoms with E-state index in [2.05, 4.69) is 15.5 Å². The van der Waals surface area contributed by atoms with Gasteiger partial charge in [0.15, 0.2) is 5.60 Å². The number of aromatic nitrogens is 1. The fraction of sp³-hybridized carbons (Fsp3) is 0.556. The zero-order valence-corrected chi connectivity index (χ0v) is 14.7. The molecule has 1 unspecified atom stereocenters. The number of piperidine rings is 1. The van der Waals surface area contributed by atoms with E-state index >= 15 is 0 Å². The zero-order chi connectivity index (χ0) is 17.9. The first-order chi connectivity index (χ1) is 12.0. The lowest BCUT2D eigenvalue weighted by Gasteiger charge is -2.38. The minimum atomic E-state index is -0.549. The third-order valence-corrected chi connectivity index (χ3v) is 4.65. The van der Waals surface area contributed by atoms with E-state index in [0.717, 1.165) is 24.9 Å². The second kappa shape index (κ2) is 7.21. The van der Waals surface area contributed by atoms with E-state index < -0.39 is 5.60 Å². The van der Waals surface area contributed by atoms with Crippen LogP contribution in [0.3, 0.4) is 0 Å². The summed E-state index contributed by atoms with van der Waals surface area (Å²) in [4.78, 5) is 36.0. The minimum Gasteiger partial charge on any atom is -0.386 e. The Balaban J connectivity index is 1.56. The van der Waals surface area contributed by atoms with Crippen LogP contribution in [0, 0.1) is 5.92 Å². The summed E-state index contributed by atoms with van der Waals surface area (Å²) in [6.45, 7) is 5.45. The maximum atomic E-state index is 12.4. The van der Waals surface area contributed by atoms with Crippen LogP contribution in [0.1, 0.15) is 38.7 Å². The van der Waals surface area contributed by atoms with Gasteiger partial charge in [-0.05, 0) is 30.5 Å². The average Bonchev–Trinajstić information content (AvgIpc) is 3.03. The topological polar surface area (TPSA) is 83.9 Å². The molecule has 0 aliphatic carbocycles. The molecule has 1 atom stereocenters. The van der Waals surface area contributed by atoms with Gasteiger partial charge in [0.25, 0.3) is 5.91 Å². The average molecular weight is 344 g/mol. The highest BCUT2D eigenvalue weighted by Crippen LogP contribution is 2.34. The van der Waals surface area contributed by atoms with Gasteiger partial charge < -0.3 is 15.1 Å². The van der Waals surface area contributed by atoms with Crippen LogP contribution < -0.4 is 5.32 Å².